The maximum absolute atomic E-state index is 11.9. The van der Waals surface area contributed by atoms with Crippen LogP contribution in [0.1, 0.15) is 23.7 Å². The Hall–Kier alpha value is -2.10. The second-order valence-corrected chi connectivity index (χ2v) is 4.24. The highest BCUT2D eigenvalue weighted by Gasteiger charge is 2.07. The smallest absolute Gasteiger partial charge is 0.251 e. The van der Waals surface area contributed by atoms with Gasteiger partial charge in [-0.2, -0.15) is 5.10 Å². The number of nitrogens with one attached hydrogen (secondary N) is 1. The molecule has 1 N–H and O–H groups in total. The summed E-state index contributed by atoms with van der Waals surface area (Å²) in [4.78, 5) is 11.9. The van der Waals surface area contributed by atoms with E-state index in [9.17, 15) is 4.79 Å². The van der Waals surface area contributed by atoms with Crippen molar-refractivity contribution in [3.8, 4) is 11.1 Å². The van der Waals surface area contributed by atoms with Crippen LogP contribution in [0.25, 0.3) is 11.1 Å². The summed E-state index contributed by atoms with van der Waals surface area (Å²) < 4.78 is 1.75. The SMILES string of the molecule is CCCNC(=O)c1cccc(-c2cnn(C)c2)c1. The lowest BCUT2D eigenvalue weighted by molar-refractivity contribution is 0.0953. The number of nitrogens with zero attached hydrogens (tertiary/aromatic N) is 2. The van der Waals surface area contributed by atoms with Crippen LogP contribution in [0.3, 0.4) is 0 Å². The Kier molecular flexibility index (Phi) is 3.77. The number of hydrogen-bond acceptors (Lipinski definition) is 2. The molecule has 0 unspecified atom stereocenters. The fourth-order valence-corrected chi connectivity index (χ4v) is 1.75. The maximum atomic E-state index is 11.9. The molecule has 1 aromatic heterocycles. The predicted octanol–water partition coefficient (Wildman–Crippen LogP) is 2.23. The third-order valence-corrected chi connectivity index (χ3v) is 2.70. The van der Waals surface area contributed by atoms with E-state index in [1.54, 1.807) is 10.9 Å². The summed E-state index contributed by atoms with van der Waals surface area (Å²) in [5, 5.41) is 7.01. The van der Waals surface area contributed by atoms with Crippen LogP contribution < -0.4 is 5.32 Å². The lowest BCUT2D eigenvalue weighted by Crippen LogP contribution is -2.23. The van der Waals surface area contributed by atoms with Gasteiger partial charge in [-0.3, -0.25) is 9.48 Å². The molecule has 0 aliphatic carbocycles. The lowest BCUT2D eigenvalue weighted by Gasteiger charge is -2.05. The monoisotopic (exact) mass is 243 g/mol. The van der Waals surface area contributed by atoms with E-state index in [4.69, 9.17) is 0 Å². The molecule has 0 saturated heterocycles. The van der Waals surface area contributed by atoms with Gasteiger partial charge in [-0.05, 0) is 24.1 Å². The Bertz CT molecular complexity index is 545. The van der Waals surface area contributed by atoms with E-state index >= 15 is 0 Å². The van der Waals surface area contributed by atoms with Gasteiger partial charge in [-0.15, -0.1) is 0 Å². The summed E-state index contributed by atoms with van der Waals surface area (Å²) >= 11 is 0. The number of amides is 1. The van der Waals surface area contributed by atoms with Crippen molar-refractivity contribution < 1.29 is 4.79 Å². The molecular weight excluding hydrogens is 226 g/mol. The van der Waals surface area contributed by atoms with Crippen molar-refractivity contribution >= 4 is 5.91 Å². The second-order valence-electron chi connectivity index (χ2n) is 4.24. The number of benzene rings is 1. The molecule has 94 valence electrons. The molecule has 0 aliphatic heterocycles. The van der Waals surface area contributed by atoms with Crippen LogP contribution in [-0.4, -0.2) is 22.2 Å². The van der Waals surface area contributed by atoms with E-state index in [2.05, 4.69) is 10.4 Å². The van der Waals surface area contributed by atoms with Gasteiger partial charge in [-0.1, -0.05) is 19.1 Å². The van der Waals surface area contributed by atoms with Crippen LogP contribution in [0.4, 0.5) is 0 Å². The molecule has 1 amide bonds. The molecule has 18 heavy (non-hydrogen) atoms. The number of carbonyl (C=O) groups excluding carboxylic acids is 1. The van der Waals surface area contributed by atoms with Crippen LogP contribution >= 0.6 is 0 Å². The van der Waals surface area contributed by atoms with E-state index in [-0.39, 0.29) is 5.91 Å². The predicted molar refractivity (Wildman–Crippen MR) is 71.3 cm³/mol. The van der Waals surface area contributed by atoms with Crippen molar-refractivity contribution in [3.63, 3.8) is 0 Å². The molecule has 2 aromatic rings. The van der Waals surface area contributed by atoms with Gasteiger partial charge in [0.25, 0.3) is 5.91 Å². The van der Waals surface area contributed by atoms with Crippen LogP contribution in [0.15, 0.2) is 36.7 Å². The molecule has 2 rings (SSSR count). The molecule has 4 heteroatoms. The van der Waals surface area contributed by atoms with Crippen molar-refractivity contribution in [3.05, 3.63) is 42.2 Å². The van der Waals surface area contributed by atoms with E-state index in [0.29, 0.717) is 12.1 Å². The molecule has 0 spiro atoms. The molecule has 0 saturated carbocycles. The molecule has 0 atom stereocenters. The number of carbonyl (C=O) groups is 1. The maximum Gasteiger partial charge on any atom is 0.251 e. The van der Waals surface area contributed by atoms with Gasteiger partial charge in [0.05, 0.1) is 6.20 Å². The third-order valence-electron chi connectivity index (χ3n) is 2.70. The average molecular weight is 243 g/mol. The van der Waals surface area contributed by atoms with E-state index in [1.165, 1.54) is 0 Å². The Morgan fingerprint density at radius 1 is 1.39 bits per heavy atom. The average Bonchev–Trinajstić information content (AvgIpc) is 2.83. The van der Waals surface area contributed by atoms with Crippen LogP contribution in [0.2, 0.25) is 0 Å². The lowest BCUT2D eigenvalue weighted by atomic mass is 10.1. The zero-order chi connectivity index (χ0) is 13.0. The second kappa shape index (κ2) is 5.49. The summed E-state index contributed by atoms with van der Waals surface area (Å²) in [5.41, 5.74) is 2.71. The molecule has 1 heterocycles. The number of rotatable bonds is 4. The Balaban J connectivity index is 2.22. The van der Waals surface area contributed by atoms with E-state index in [0.717, 1.165) is 17.5 Å². The minimum atomic E-state index is -0.0254. The largest absolute Gasteiger partial charge is 0.352 e. The highest BCUT2D eigenvalue weighted by Crippen LogP contribution is 2.19. The van der Waals surface area contributed by atoms with Gasteiger partial charge in [0.2, 0.25) is 0 Å². The fraction of sp³-hybridized carbons (Fsp3) is 0.286. The Labute approximate surface area is 107 Å². The van der Waals surface area contributed by atoms with Gasteiger partial charge < -0.3 is 5.32 Å². The highest BCUT2D eigenvalue weighted by molar-refractivity contribution is 5.95. The Morgan fingerprint density at radius 2 is 2.22 bits per heavy atom. The standard InChI is InChI=1S/C14H17N3O/c1-3-7-15-14(18)12-6-4-5-11(8-12)13-9-16-17(2)10-13/h4-6,8-10H,3,7H2,1-2H3,(H,15,18). The zero-order valence-electron chi connectivity index (χ0n) is 10.7. The summed E-state index contributed by atoms with van der Waals surface area (Å²) in [6.45, 7) is 2.74. The van der Waals surface area contributed by atoms with Gasteiger partial charge >= 0.3 is 0 Å². The summed E-state index contributed by atoms with van der Waals surface area (Å²) in [5.74, 6) is -0.0254. The topological polar surface area (TPSA) is 46.9 Å². The number of aromatic nitrogens is 2. The van der Waals surface area contributed by atoms with Crippen molar-refractivity contribution in [2.24, 2.45) is 7.05 Å². The Morgan fingerprint density at radius 3 is 2.89 bits per heavy atom. The zero-order valence-corrected chi connectivity index (χ0v) is 10.7. The number of hydrogen-bond donors (Lipinski definition) is 1. The third kappa shape index (κ3) is 2.77. The van der Waals surface area contributed by atoms with Gasteiger partial charge in [0, 0.05) is 30.9 Å². The van der Waals surface area contributed by atoms with Gasteiger partial charge in [-0.25, -0.2) is 0 Å². The molecule has 4 nitrogen and oxygen atoms in total. The molecular formula is C14H17N3O. The molecule has 0 aliphatic rings. The van der Waals surface area contributed by atoms with E-state index in [1.807, 2.05) is 44.4 Å². The normalized spacial score (nSPS) is 10.3. The minimum absolute atomic E-state index is 0.0254. The quantitative estimate of drug-likeness (QED) is 0.895. The first-order chi connectivity index (χ1) is 8.70. The van der Waals surface area contributed by atoms with Crippen molar-refractivity contribution in [2.45, 2.75) is 13.3 Å². The first-order valence-corrected chi connectivity index (χ1v) is 6.08. The molecule has 0 bridgehead atoms. The summed E-state index contributed by atoms with van der Waals surface area (Å²) in [7, 11) is 1.88. The van der Waals surface area contributed by atoms with Crippen LogP contribution in [-0.2, 0) is 7.05 Å². The van der Waals surface area contributed by atoms with Gasteiger partial charge in [0.15, 0.2) is 0 Å². The molecule has 0 radical (unpaired) electrons. The molecule has 0 fully saturated rings. The number of aryl methyl sites for hydroxylation is 1. The van der Waals surface area contributed by atoms with Crippen molar-refractivity contribution in [2.75, 3.05) is 6.54 Å². The van der Waals surface area contributed by atoms with Crippen LogP contribution in [0, 0.1) is 0 Å². The van der Waals surface area contributed by atoms with Crippen molar-refractivity contribution in [1.29, 1.82) is 0 Å². The summed E-state index contributed by atoms with van der Waals surface area (Å²) in [6.07, 6.45) is 4.67. The van der Waals surface area contributed by atoms with E-state index < -0.39 is 0 Å². The summed E-state index contributed by atoms with van der Waals surface area (Å²) in [6, 6.07) is 7.59. The first kappa shape index (κ1) is 12.4. The van der Waals surface area contributed by atoms with Crippen LogP contribution in [0.5, 0.6) is 0 Å². The minimum Gasteiger partial charge on any atom is -0.352 e. The van der Waals surface area contributed by atoms with Gasteiger partial charge in [0.1, 0.15) is 0 Å². The fourth-order valence-electron chi connectivity index (χ4n) is 1.75. The molecule has 1 aromatic carbocycles. The highest BCUT2D eigenvalue weighted by atomic mass is 16.1. The first-order valence-electron chi connectivity index (χ1n) is 6.08. The van der Waals surface area contributed by atoms with Crippen molar-refractivity contribution in [1.82, 2.24) is 15.1 Å².